The van der Waals surface area contributed by atoms with Crippen LogP contribution in [0, 0.1) is 5.92 Å². The first-order chi connectivity index (χ1) is 8.62. The van der Waals surface area contributed by atoms with Crippen LogP contribution in [0.25, 0.3) is 0 Å². The molecular weight excluding hydrogens is 228 g/mol. The Kier molecular flexibility index (Phi) is 5.98. The van der Waals surface area contributed by atoms with E-state index in [1.54, 1.807) is 0 Å². The SMILES string of the molecule is CCc1nnc(NC(CCO)C(C)C)nc1CC. The molecule has 1 aromatic heterocycles. The minimum absolute atomic E-state index is 0.164. The van der Waals surface area contributed by atoms with Gasteiger partial charge in [0.05, 0.1) is 11.4 Å². The number of nitrogens with zero attached hydrogens (tertiary/aromatic N) is 3. The summed E-state index contributed by atoms with van der Waals surface area (Å²) in [7, 11) is 0. The number of aromatic nitrogens is 3. The second-order valence-corrected chi connectivity index (χ2v) is 4.74. The molecule has 0 aromatic carbocycles. The quantitative estimate of drug-likeness (QED) is 0.774. The van der Waals surface area contributed by atoms with E-state index in [2.05, 4.69) is 48.2 Å². The van der Waals surface area contributed by atoms with Gasteiger partial charge in [-0.2, -0.15) is 5.10 Å². The van der Waals surface area contributed by atoms with E-state index in [0.717, 1.165) is 24.2 Å². The van der Waals surface area contributed by atoms with Crippen LogP contribution in [-0.4, -0.2) is 32.9 Å². The summed E-state index contributed by atoms with van der Waals surface area (Å²) in [4.78, 5) is 4.50. The van der Waals surface area contributed by atoms with Gasteiger partial charge >= 0.3 is 0 Å². The van der Waals surface area contributed by atoms with Crippen LogP contribution >= 0.6 is 0 Å². The molecule has 0 radical (unpaired) electrons. The summed E-state index contributed by atoms with van der Waals surface area (Å²) in [5, 5.41) is 20.6. The van der Waals surface area contributed by atoms with Gasteiger partial charge in [0, 0.05) is 12.6 Å². The van der Waals surface area contributed by atoms with Gasteiger partial charge in [0.15, 0.2) is 0 Å². The van der Waals surface area contributed by atoms with Crippen LogP contribution in [0.4, 0.5) is 5.95 Å². The molecule has 1 rings (SSSR count). The van der Waals surface area contributed by atoms with Crippen molar-refractivity contribution in [1.82, 2.24) is 15.2 Å². The molecule has 0 aliphatic rings. The van der Waals surface area contributed by atoms with Crippen LogP contribution in [0.2, 0.25) is 0 Å². The van der Waals surface area contributed by atoms with E-state index in [1.165, 1.54) is 0 Å². The van der Waals surface area contributed by atoms with Crippen LogP contribution < -0.4 is 5.32 Å². The predicted molar refractivity (Wildman–Crippen MR) is 72.5 cm³/mol. The topological polar surface area (TPSA) is 70.9 Å². The molecule has 0 saturated carbocycles. The number of rotatable bonds is 7. The molecule has 0 amide bonds. The highest BCUT2D eigenvalue weighted by atomic mass is 16.3. The molecule has 2 N–H and O–H groups in total. The molecule has 1 atom stereocenters. The predicted octanol–water partition coefficient (Wildman–Crippen LogP) is 1.82. The summed E-state index contributed by atoms with van der Waals surface area (Å²) in [6.07, 6.45) is 2.41. The van der Waals surface area contributed by atoms with Gasteiger partial charge in [-0.25, -0.2) is 4.98 Å². The Balaban J connectivity index is 2.83. The van der Waals surface area contributed by atoms with Gasteiger partial charge in [0.2, 0.25) is 5.95 Å². The molecule has 5 heteroatoms. The van der Waals surface area contributed by atoms with Gasteiger partial charge in [-0.05, 0) is 25.2 Å². The monoisotopic (exact) mass is 252 g/mol. The first-order valence-electron chi connectivity index (χ1n) is 6.72. The minimum atomic E-state index is 0.164. The molecule has 0 fully saturated rings. The zero-order valence-corrected chi connectivity index (χ0v) is 11.8. The fourth-order valence-electron chi connectivity index (χ4n) is 1.88. The molecule has 0 aliphatic heterocycles. The molecule has 102 valence electrons. The second kappa shape index (κ2) is 7.26. The Morgan fingerprint density at radius 1 is 1.11 bits per heavy atom. The standard InChI is InChI=1S/C13H24N4O/c1-5-10-11(6-2)16-17-13(14-10)15-12(7-8-18)9(3)4/h9,12,18H,5-8H2,1-4H3,(H,14,15,17). The third-order valence-electron chi connectivity index (χ3n) is 3.07. The highest BCUT2D eigenvalue weighted by Crippen LogP contribution is 2.13. The van der Waals surface area contributed by atoms with Crippen LogP contribution in [0.3, 0.4) is 0 Å². The van der Waals surface area contributed by atoms with Crippen molar-refractivity contribution >= 4 is 5.95 Å². The fourth-order valence-corrected chi connectivity index (χ4v) is 1.88. The van der Waals surface area contributed by atoms with Gasteiger partial charge in [0.25, 0.3) is 0 Å². The lowest BCUT2D eigenvalue weighted by Crippen LogP contribution is -2.28. The molecular formula is C13H24N4O. The smallest absolute Gasteiger partial charge is 0.243 e. The summed E-state index contributed by atoms with van der Waals surface area (Å²) in [5.74, 6) is 0.980. The van der Waals surface area contributed by atoms with Crippen molar-refractivity contribution in [3.05, 3.63) is 11.4 Å². The molecule has 0 aliphatic carbocycles. The van der Waals surface area contributed by atoms with Crippen molar-refractivity contribution in [2.24, 2.45) is 5.92 Å². The maximum atomic E-state index is 9.05. The van der Waals surface area contributed by atoms with E-state index in [1.807, 2.05) is 0 Å². The third kappa shape index (κ3) is 3.91. The number of aryl methyl sites for hydroxylation is 2. The van der Waals surface area contributed by atoms with Crippen molar-refractivity contribution in [3.8, 4) is 0 Å². The van der Waals surface area contributed by atoms with Gasteiger partial charge in [-0.3, -0.25) is 0 Å². The first kappa shape index (κ1) is 14.8. The second-order valence-electron chi connectivity index (χ2n) is 4.74. The summed E-state index contributed by atoms with van der Waals surface area (Å²) < 4.78 is 0. The molecule has 0 bridgehead atoms. The number of hydrogen-bond donors (Lipinski definition) is 2. The summed E-state index contributed by atoms with van der Waals surface area (Å²) in [5.41, 5.74) is 1.97. The minimum Gasteiger partial charge on any atom is -0.396 e. The lowest BCUT2D eigenvalue weighted by Gasteiger charge is -2.21. The molecule has 5 nitrogen and oxygen atoms in total. The van der Waals surface area contributed by atoms with E-state index < -0.39 is 0 Å². The highest BCUT2D eigenvalue weighted by molar-refractivity contribution is 5.27. The summed E-state index contributed by atoms with van der Waals surface area (Å²) in [6, 6.07) is 0.175. The maximum absolute atomic E-state index is 9.05. The Labute approximate surface area is 109 Å². The molecule has 0 saturated heterocycles. The summed E-state index contributed by atoms with van der Waals surface area (Å²) >= 11 is 0. The highest BCUT2D eigenvalue weighted by Gasteiger charge is 2.15. The van der Waals surface area contributed by atoms with Crippen LogP contribution in [-0.2, 0) is 12.8 Å². The number of nitrogens with one attached hydrogen (secondary N) is 1. The number of aliphatic hydroxyl groups excluding tert-OH is 1. The van der Waals surface area contributed by atoms with Gasteiger partial charge in [-0.1, -0.05) is 27.7 Å². The van der Waals surface area contributed by atoms with Crippen molar-refractivity contribution in [3.63, 3.8) is 0 Å². The lowest BCUT2D eigenvalue weighted by molar-refractivity contribution is 0.267. The van der Waals surface area contributed by atoms with E-state index in [-0.39, 0.29) is 12.6 Å². The largest absolute Gasteiger partial charge is 0.396 e. The summed E-state index contributed by atoms with van der Waals surface area (Å²) in [6.45, 7) is 8.52. The first-order valence-corrected chi connectivity index (χ1v) is 6.72. The number of aliphatic hydroxyl groups is 1. The Bertz CT molecular complexity index is 368. The molecule has 0 spiro atoms. The Morgan fingerprint density at radius 2 is 1.78 bits per heavy atom. The average Bonchev–Trinajstić information content (AvgIpc) is 2.37. The van der Waals surface area contributed by atoms with Crippen LogP contribution in [0.1, 0.15) is 45.5 Å². The van der Waals surface area contributed by atoms with Gasteiger partial charge < -0.3 is 10.4 Å². The van der Waals surface area contributed by atoms with Crippen molar-refractivity contribution in [2.45, 2.75) is 53.0 Å². The number of anilines is 1. The van der Waals surface area contributed by atoms with E-state index in [4.69, 9.17) is 5.11 Å². The average molecular weight is 252 g/mol. The molecule has 1 unspecified atom stereocenters. The fraction of sp³-hybridized carbons (Fsp3) is 0.769. The Morgan fingerprint density at radius 3 is 2.28 bits per heavy atom. The molecule has 18 heavy (non-hydrogen) atoms. The van der Waals surface area contributed by atoms with Crippen molar-refractivity contribution in [2.75, 3.05) is 11.9 Å². The van der Waals surface area contributed by atoms with Crippen LogP contribution in [0.5, 0.6) is 0 Å². The van der Waals surface area contributed by atoms with E-state index in [0.29, 0.717) is 18.3 Å². The number of hydrogen-bond acceptors (Lipinski definition) is 5. The normalized spacial score (nSPS) is 12.8. The molecule has 1 aromatic rings. The third-order valence-corrected chi connectivity index (χ3v) is 3.07. The van der Waals surface area contributed by atoms with E-state index >= 15 is 0 Å². The van der Waals surface area contributed by atoms with E-state index in [9.17, 15) is 0 Å². The van der Waals surface area contributed by atoms with Crippen molar-refractivity contribution < 1.29 is 5.11 Å². The van der Waals surface area contributed by atoms with Crippen molar-refractivity contribution in [1.29, 1.82) is 0 Å². The van der Waals surface area contributed by atoms with Crippen LogP contribution in [0.15, 0.2) is 0 Å². The van der Waals surface area contributed by atoms with Gasteiger partial charge in [-0.15, -0.1) is 5.10 Å². The molecule has 1 heterocycles. The lowest BCUT2D eigenvalue weighted by atomic mass is 10.0. The Hall–Kier alpha value is -1.23. The zero-order valence-electron chi connectivity index (χ0n) is 11.8. The maximum Gasteiger partial charge on any atom is 0.243 e. The van der Waals surface area contributed by atoms with Gasteiger partial charge in [0.1, 0.15) is 0 Å². The zero-order chi connectivity index (χ0) is 13.5.